The van der Waals surface area contributed by atoms with E-state index in [0.717, 1.165) is 25.9 Å². The number of amides is 1. The summed E-state index contributed by atoms with van der Waals surface area (Å²) < 4.78 is 0. The van der Waals surface area contributed by atoms with Gasteiger partial charge in [-0.25, -0.2) is 0 Å². The summed E-state index contributed by atoms with van der Waals surface area (Å²) in [6.07, 6.45) is 2.50. The lowest BCUT2D eigenvalue weighted by atomic mass is 10.0. The predicted octanol–water partition coefficient (Wildman–Crippen LogP) is 2.74. The van der Waals surface area contributed by atoms with Crippen molar-refractivity contribution < 1.29 is 4.79 Å². The highest BCUT2D eigenvalue weighted by atomic mass is 16.2. The van der Waals surface area contributed by atoms with E-state index in [2.05, 4.69) is 25.1 Å². The van der Waals surface area contributed by atoms with Crippen molar-refractivity contribution in [2.24, 2.45) is 5.73 Å². The zero-order valence-corrected chi connectivity index (χ0v) is 11.3. The molecule has 1 aliphatic heterocycles. The molecule has 18 heavy (non-hydrogen) atoms. The summed E-state index contributed by atoms with van der Waals surface area (Å²) in [7, 11) is 0. The van der Waals surface area contributed by atoms with Crippen molar-refractivity contribution in [3.05, 3.63) is 34.9 Å². The highest BCUT2D eigenvalue weighted by Gasteiger charge is 2.23. The van der Waals surface area contributed by atoms with Crippen LogP contribution in [0.4, 0.5) is 0 Å². The molecule has 0 spiro atoms. The van der Waals surface area contributed by atoms with Crippen LogP contribution in [0.2, 0.25) is 0 Å². The van der Waals surface area contributed by atoms with Crippen LogP contribution < -0.4 is 5.73 Å². The molecule has 2 N–H and O–H groups in total. The second kappa shape index (κ2) is 5.53. The van der Waals surface area contributed by atoms with E-state index in [9.17, 15) is 4.79 Å². The zero-order chi connectivity index (χ0) is 13.1. The zero-order valence-electron chi connectivity index (χ0n) is 11.3. The van der Waals surface area contributed by atoms with Crippen LogP contribution in [-0.4, -0.2) is 10.8 Å². The Morgan fingerprint density at radius 1 is 1.33 bits per heavy atom. The Labute approximate surface area is 109 Å². The summed E-state index contributed by atoms with van der Waals surface area (Å²) in [4.78, 5) is 13.8. The molecule has 1 atom stereocenters. The fraction of sp³-hybridized carbons (Fsp3) is 0.533. The molecular formula is C15H22N2O. The number of nitrogens with zero attached hydrogens (tertiary/aromatic N) is 1. The number of fused-ring (bicyclic) bond motifs is 1. The first kappa shape index (κ1) is 13.1. The van der Waals surface area contributed by atoms with Crippen molar-refractivity contribution in [2.75, 3.05) is 0 Å². The van der Waals surface area contributed by atoms with Crippen molar-refractivity contribution in [1.29, 1.82) is 0 Å². The molecule has 0 saturated carbocycles. The number of carbonyl (C=O) groups is 1. The molecular weight excluding hydrogens is 224 g/mol. The molecule has 3 nitrogen and oxygen atoms in total. The van der Waals surface area contributed by atoms with Crippen LogP contribution in [0.3, 0.4) is 0 Å². The van der Waals surface area contributed by atoms with Gasteiger partial charge in [0.05, 0.1) is 0 Å². The fourth-order valence-corrected chi connectivity index (χ4v) is 2.43. The Balaban J connectivity index is 2.12. The third kappa shape index (κ3) is 2.56. The average molecular weight is 246 g/mol. The normalized spacial score (nSPS) is 15.6. The molecule has 2 rings (SSSR count). The van der Waals surface area contributed by atoms with Gasteiger partial charge < -0.3 is 10.6 Å². The van der Waals surface area contributed by atoms with Gasteiger partial charge in [0.15, 0.2) is 0 Å². The van der Waals surface area contributed by atoms with Crippen molar-refractivity contribution in [1.82, 2.24) is 4.90 Å². The second-order valence-corrected chi connectivity index (χ2v) is 5.04. The molecule has 0 aromatic heterocycles. The minimum Gasteiger partial charge on any atom is -0.334 e. The molecule has 0 bridgehead atoms. The van der Waals surface area contributed by atoms with Gasteiger partial charge >= 0.3 is 0 Å². The molecule has 98 valence electrons. The molecule has 3 heteroatoms. The van der Waals surface area contributed by atoms with Crippen molar-refractivity contribution in [3.8, 4) is 0 Å². The summed E-state index contributed by atoms with van der Waals surface area (Å²) >= 11 is 0. The average Bonchev–Trinajstić information content (AvgIpc) is 2.80. The van der Waals surface area contributed by atoms with Gasteiger partial charge in [0.25, 0.3) is 0 Å². The summed E-state index contributed by atoms with van der Waals surface area (Å²) in [5.74, 6) is 0.259. The Morgan fingerprint density at radius 2 is 2.06 bits per heavy atom. The van der Waals surface area contributed by atoms with Crippen LogP contribution in [0.15, 0.2) is 18.2 Å². The molecule has 1 heterocycles. The minimum absolute atomic E-state index is 0.107. The van der Waals surface area contributed by atoms with Gasteiger partial charge in [-0.3, -0.25) is 4.79 Å². The maximum absolute atomic E-state index is 11.9. The van der Waals surface area contributed by atoms with E-state index in [1.54, 1.807) is 0 Å². The van der Waals surface area contributed by atoms with Gasteiger partial charge in [0, 0.05) is 25.6 Å². The minimum atomic E-state index is 0.107. The Bertz CT molecular complexity index is 442. The molecule has 0 fully saturated rings. The molecule has 0 radical (unpaired) electrons. The monoisotopic (exact) mass is 246 g/mol. The first-order valence-electron chi connectivity index (χ1n) is 6.80. The van der Waals surface area contributed by atoms with Gasteiger partial charge in [0.1, 0.15) is 0 Å². The van der Waals surface area contributed by atoms with Crippen LogP contribution in [-0.2, 0) is 17.9 Å². The third-order valence-electron chi connectivity index (χ3n) is 3.64. The van der Waals surface area contributed by atoms with Gasteiger partial charge in [-0.1, -0.05) is 32.0 Å². The van der Waals surface area contributed by atoms with E-state index >= 15 is 0 Å². The number of rotatable bonds is 4. The summed E-state index contributed by atoms with van der Waals surface area (Å²) in [6, 6.07) is 6.50. The number of hydrogen-bond acceptors (Lipinski definition) is 2. The summed E-state index contributed by atoms with van der Waals surface area (Å²) in [6.45, 7) is 5.64. The van der Waals surface area contributed by atoms with E-state index in [-0.39, 0.29) is 11.9 Å². The largest absolute Gasteiger partial charge is 0.334 e. The van der Waals surface area contributed by atoms with Gasteiger partial charge in [0.2, 0.25) is 5.91 Å². The van der Waals surface area contributed by atoms with Crippen LogP contribution in [0.25, 0.3) is 0 Å². The molecule has 1 unspecified atom stereocenters. The maximum atomic E-state index is 11.9. The standard InChI is InChI=1S/C15H22N2O/c1-3-5-15(18)17-9-12-7-6-11(14(16)4-2)8-13(12)10-17/h6-8,14H,3-5,9-10,16H2,1-2H3. The van der Waals surface area contributed by atoms with Gasteiger partial charge in [-0.2, -0.15) is 0 Å². The predicted molar refractivity (Wildman–Crippen MR) is 72.8 cm³/mol. The van der Waals surface area contributed by atoms with Crippen LogP contribution in [0.5, 0.6) is 0 Å². The number of hydrogen-bond donors (Lipinski definition) is 1. The molecule has 0 saturated heterocycles. The molecule has 1 aromatic rings. The van der Waals surface area contributed by atoms with E-state index in [0.29, 0.717) is 6.42 Å². The van der Waals surface area contributed by atoms with Crippen LogP contribution in [0, 0.1) is 0 Å². The highest BCUT2D eigenvalue weighted by Crippen LogP contribution is 2.26. The first-order chi connectivity index (χ1) is 8.65. The van der Waals surface area contributed by atoms with E-state index < -0.39 is 0 Å². The van der Waals surface area contributed by atoms with Gasteiger partial charge in [-0.15, -0.1) is 0 Å². The van der Waals surface area contributed by atoms with E-state index in [1.807, 2.05) is 11.8 Å². The lowest BCUT2D eigenvalue weighted by Crippen LogP contribution is -2.24. The second-order valence-electron chi connectivity index (χ2n) is 5.04. The third-order valence-corrected chi connectivity index (χ3v) is 3.64. The Hall–Kier alpha value is -1.35. The van der Waals surface area contributed by atoms with Crippen LogP contribution >= 0.6 is 0 Å². The quantitative estimate of drug-likeness (QED) is 0.888. The number of nitrogens with two attached hydrogens (primary N) is 1. The number of benzene rings is 1. The first-order valence-corrected chi connectivity index (χ1v) is 6.80. The smallest absolute Gasteiger partial charge is 0.223 e. The Morgan fingerprint density at radius 3 is 2.72 bits per heavy atom. The lowest BCUT2D eigenvalue weighted by molar-refractivity contribution is -0.131. The van der Waals surface area contributed by atoms with Crippen molar-refractivity contribution >= 4 is 5.91 Å². The SMILES string of the molecule is CCCC(=O)N1Cc2ccc(C(N)CC)cc2C1. The van der Waals surface area contributed by atoms with E-state index in [4.69, 9.17) is 5.73 Å². The van der Waals surface area contributed by atoms with Crippen molar-refractivity contribution in [3.63, 3.8) is 0 Å². The lowest BCUT2D eigenvalue weighted by Gasteiger charge is -2.14. The molecule has 0 aliphatic carbocycles. The summed E-state index contributed by atoms with van der Waals surface area (Å²) in [5.41, 5.74) is 9.77. The highest BCUT2D eigenvalue weighted by molar-refractivity contribution is 5.76. The van der Waals surface area contributed by atoms with E-state index in [1.165, 1.54) is 16.7 Å². The van der Waals surface area contributed by atoms with Crippen molar-refractivity contribution in [2.45, 2.75) is 52.2 Å². The summed E-state index contributed by atoms with van der Waals surface area (Å²) in [5, 5.41) is 0. The van der Waals surface area contributed by atoms with Gasteiger partial charge in [-0.05, 0) is 29.5 Å². The maximum Gasteiger partial charge on any atom is 0.223 e. The molecule has 1 amide bonds. The van der Waals surface area contributed by atoms with Crippen LogP contribution in [0.1, 0.15) is 55.8 Å². The topological polar surface area (TPSA) is 46.3 Å². The molecule has 1 aliphatic rings. The number of carbonyl (C=O) groups excluding carboxylic acids is 1. The molecule has 1 aromatic carbocycles. The Kier molecular flexibility index (Phi) is 4.02. The fourth-order valence-electron chi connectivity index (χ4n) is 2.43.